The number of nitrogens with one attached hydrogen (secondary N) is 1. The molecule has 1 aromatic rings. The van der Waals surface area contributed by atoms with Crippen LogP contribution in [0.25, 0.3) is 0 Å². The fraction of sp³-hybridized carbons (Fsp3) is 0.625. The van der Waals surface area contributed by atoms with Gasteiger partial charge in [-0.25, -0.2) is 0 Å². The number of hydrogen-bond acceptors (Lipinski definition) is 4. The Kier molecular flexibility index (Phi) is 6.30. The highest BCUT2D eigenvalue weighted by atomic mass is 16.5. The molecular formula is C16H25NO3. The van der Waals surface area contributed by atoms with Gasteiger partial charge in [0.25, 0.3) is 0 Å². The zero-order chi connectivity index (χ0) is 14.2. The van der Waals surface area contributed by atoms with Crippen LogP contribution in [0.2, 0.25) is 0 Å². The van der Waals surface area contributed by atoms with Crippen LogP contribution in [-0.4, -0.2) is 37.6 Å². The molecule has 4 nitrogen and oxygen atoms in total. The standard InChI is InChI=1S/C16H25NO3/c1-2-3-9-19-12-13(18)11-17-15-8-10-20-16-7-5-4-6-14(15)16/h4-7,13,15,17-18H,2-3,8-12H2,1H3. The van der Waals surface area contributed by atoms with E-state index in [9.17, 15) is 5.11 Å². The van der Waals surface area contributed by atoms with Crippen LogP contribution >= 0.6 is 0 Å². The number of para-hydroxylation sites is 1. The third-order valence-corrected chi connectivity index (χ3v) is 3.51. The van der Waals surface area contributed by atoms with Crippen LogP contribution in [0.4, 0.5) is 0 Å². The third kappa shape index (κ3) is 4.47. The van der Waals surface area contributed by atoms with Gasteiger partial charge in [-0.3, -0.25) is 0 Å². The summed E-state index contributed by atoms with van der Waals surface area (Å²) < 4.78 is 11.1. The van der Waals surface area contributed by atoms with E-state index in [2.05, 4.69) is 18.3 Å². The van der Waals surface area contributed by atoms with Crippen molar-refractivity contribution in [2.45, 2.75) is 38.3 Å². The summed E-state index contributed by atoms with van der Waals surface area (Å²) in [7, 11) is 0. The van der Waals surface area contributed by atoms with Gasteiger partial charge in [0.1, 0.15) is 5.75 Å². The highest BCUT2D eigenvalue weighted by Gasteiger charge is 2.21. The van der Waals surface area contributed by atoms with Crippen molar-refractivity contribution < 1.29 is 14.6 Å². The fourth-order valence-electron chi connectivity index (χ4n) is 2.36. The largest absolute Gasteiger partial charge is 0.493 e. The number of ether oxygens (including phenoxy) is 2. The van der Waals surface area contributed by atoms with E-state index in [1.807, 2.05) is 18.2 Å². The Labute approximate surface area is 121 Å². The van der Waals surface area contributed by atoms with Crippen molar-refractivity contribution in [3.8, 4) is 5.75 Å². The lowest BCUT2D eigenvalue weighted by Gasteiger charge is -2.27. The molecule has 2 rings (SSSR count). The Bertz CT molecular complexity index is 397. The van der Waals surface area contributed by atoms with Gasteiger partial charge in [-0.2, -0.15) is 0 Å². The van der Waals surface area contributed by atoms with Crippen LogP contribution in [-0.2, 0) is 4.74 Å². The van der Waals surface area contributed by atoms with Crippen molar-refractivity contribution in [3.63, 3.8) is 0 Å². The molecule has 1 aliphatic heterocycles. The summed E-state index contributed by atoms with van der Waals surface area (Å²) in [6, 6.07) is 8.33. The van der Waals surface area contributed by atoms with Gasteiger partial charge in [0, 0.05) is 31.2 Å². The van der Waals surface area contributed by atoms with Gasteiger partial charge in [0.15, 0.2) is 0 Å². The van der Waals surface area contributed by atoms with Gasteiger partial charge >= 0.3 is 0 Å². The SMILES string of the molecule is CCCCOCC(O)CNC1CCOc2ccccc21. The van der Waals surface area contributed by atoms with Crippen molar-refractivity contribution in [1.82, 2.24) is 5.32 Å². The van der Waals surface area contributed by atoms with Crippen molar-refractivity contribution in [2.75, 3.05) is 26.4 Å². The molecule has 0 aromatic heterocycles. The highest BCUT2D eigenvalue weighted by molar-refractivity contribution is 5.37. The van der Waals surface area contributed by atoms with Gasteiger partial charge in [-0.1, -0.05) is 31.5 Å². The first-order valence-corrected chi connectivity index (χ1v) is 7.52. The van der Waals surface area contributed by atoms with E-state index in [4.69, 9.17) is 9.47 Å². The van der Waals surface area contributed by atoms with E-state index in [1.54, 1.807) is 0 Å². The van der Waals surface area contributed by atoms with Crippen molar-refractivity contribution in [1.29, 1.82) is 0 Å². The van der Waals surface area contributed by atoms with Gasteiger partial charge < -0.3 is 19.9 Å². The first kappa shape index (κ1) is 15.3. The maximum atomic E-state index is 9.91. The summed E-state index contributed by atoms with van der Waals surface area (Å²) in [4.78, 5) is 0. The summed E-state index contributed by atoms with van der Waals surface area (Å²) in [5.41, 5.74) is 1.18. The maximum Gasteiger partial charge on any atom is 0.124 e. The van der Waals surface area contributed by atoms with Crippen LogP contribution in [0.5, 0.6) is 5.75 Å². The molecule has 112 valence electrons. The van der Waals surface area contributed by atoms with E-state index in [0.717, 1.165) is 38.2 Å². The van der Waals surface area contributed by atoms with E-state index >= 15 is 0 Å². The molecule has 0 saturated carbocycles. The molecule has 20 heavy (non-hydrogen) atoms. The number of fused-ring (bicyclic) bond motifs is 1. The van der Waals surface area contributed by atoms with Crippen LogP contribution in [0.3, 0.4) is 0 Å². The van der Waals surface area contributed by atoms with E-state index in [-0.39, 0.29) is 6.04 Å². The summed E-state index contributed by atoms with van der Waals surface area (Å²) in [6.45, 7) is 4.53. The molecule has 2 unspecified atom stereocenters. The lowest BCUT2D eigenvalue weighted by molar-refractivity contribution is 0.0338. The summed E-state index contributed by atoms with van der Waals surface area (Å²) >= 11 is 0. The van der Waals surface area contributed by atoms with E-state index < -0.39 is 6.10 Å². The van der Waals surface area contributed by atoms with Crippen molar-refractivity contribution in [3.05, 3.63) is 29.8 Å². The topological polar surface area (TPSA) is 50.7 Å². The average molecular weight is 279 g/mol. The first-order valence-electron chi connectivity index (χ1n) is 7.52. The molecule has 0 radical (unpaired) electrons. The monoisotopic (exact) mass is 279 g/mol. The number of aliphatic hydroxyl groups is 1. The molecule has 0 fully saturated rings. The fourth-order valence-corrected chi connectivity index (χ4v) is 2.36. The Balaban J connectivity index is 1.74. The Morgan fingerprint density at radius 2 is 2.30 bits per heavy atom. The van der Waals surface area contributed by atoms with Gasteiger partial charge in [-0.05, 0) is 12.5 Å². The van der Waals surface area contributed by atoms with Crippen LogP contribution in [0, 0.1) is 0 Å². The minimum Gasteiger partial charge on any atom is -0.493 e. The minimum absolute atomic E-state index is 0.255. The molecular weight excluding hydrogens is 254 g/mol. The van der Waals surface area contributed by atoms with E-state index in [1.165, 1.54) is 5.56 Å². The molecule has 0 saturated heterocycles. The third-order valence-electron chi connectivity index (χ3n) is 3.51. The molecule has 0 spiro atoms. The zero-order valence-electron chi connectivity index (χ0n) is 12.2. The average Bonchev–Trinajstić information content (AvgIpc) is 2.49. The molecule has 2 N–H and O–H groups in total. The van der Waals surface area contributed by atoms with Gasteiger partial charge in [0.05, 0.1) is 19.3 Å². The van der Waals surface area contributed by atoms with Crippen molar-refractivity contribution in [2.24, 2.45) is 0 Å². The zero-order valence-corrected chi connectivity index (χ0v) is 12.2. The smallest absolute Gasteiger partial charge is 0.124 e. The van der Waals surface area contributed by atoms with E-state index in [0.29, 0.717) is 13.2 Å². The van der Waals surface area contributed by atoms with Gasteiger partial charge in [-0.15, -0.1) is 0 Å². The molecule has 1 aliphatic rings. The quantitative estimate of drug-likeness (QED) is 0.717. The Morgan fingerprint density at radius 1 is 1.45 bits per heavy atom. The summed E-state index contributed by atoms with van der Waals surface area (Å²) in [5.74, 6) is 0.949. The number of hydrogen-bond donors (Lipinski definition) is 2. The second-order valence-corrected chi connectivity index (χ2v) is 5.22. The predicted octanol–water partition coefficient (Wildman–Crippen LogP) is 2.28. The first-order chi connectivity index (χ1) is 9.81. The van der Waals surface area contributed by atoms with Crippen LogP contribution in [0.1, 0.15) is 37.8 Å². The molecule has 4 heteroatoms. The minimum atomic E-state index is -0.457. The Morgan fingerprint density at radius 3 is 3.15 bits per heavy atom. The summed E-state index contributed by atoms with van der Waals surface area (Å²) in [5, 5.41) is 13.3. The predicted molar refractivity (Wildman–Crippen MR) is 79.0 cm³/mol. The molecule has 0 aliphatic carbocycles. The molecule has 0 bridgehead atoms. The number of unbranched alkanes of at least 4 members (excludes halogenated alkanes) is 1. The number of aliphatic hydroxyl groups excluding tert-OH is 1. The van der Waals surface area contributed by atoms with Crippen LogP contribution < -0.4 is 10.1 Å². The number of benzene rings is 1. The lowest BCUT2D eigenvalue weighted by atomic mass is 10.0. The molecule has 1 heterocycles. The van der Waals surface area contributed by atoms with Gasteiger partial charge in [0.2, 0.25) is 0 Å². The number of rotatable bonds is 8. The second-order valence-electron chi connectivity index (χ2n) is 5.22. The second kappa shape index (κ2) is 8.25. The maximum absolute atomic E-state index is 9.91. The van der Waals surface area contributed by atoms with Crippen LogP contribution in [0.15, 0.2) is 24.3 Å². The van der Waals surface area contributed by atoms with Crippen molar-refractivity contribution >= 4 is 0 Å². The highest BCUT2D eigenvalue weighted by Crippen LogP contribution is 2.31. The summed E-state index contributed by atoms with van der Waals surface area (Å²) in [6.07, 6.45) is 2.64. The normalized spacial score (nSPS) is 19.2. The lowest BCUT2D eigenvalue weighted by Crippen LogP contribution is -2.35. The Hall–Kier alpha value is -1.10. The molecule has 1 aromatic carbocycles. The molecule has 2 atom stereocenters. The molecule has 0 amide bonds.